The summed E-state index contributed by atoms with van der Waals surface area (Å²) in [7, 11) is 0. The van der Waals surface area contributed by atoms with Crippen LogP contribution >= 0.6 is 11.6 Å². The highest BCUT2D eigenvalue weighted by atomic mass is 35.5. The average Bonchev–Trinajstić information content (AvgIpc) is 2.49. The molecule has 1 aliphatic rings. The summed E-state index contributed by atoms with van der Waals surface area (Å²) in [6.07, 6.45) is 2.45. The topological polar surface area (TPSA) is 15.3 Å². The number of hydrogen-bond donors (Lipinski definition) is 1. The van der Waals surface area contributed by atoms with Crippen molar-refractivity contribution in [2.45, 2.75) is 58.7 Å². The fourth-order valence-electron chi connectivity index (χ4n) is 3.49. The van der Waals surface area contributed by atoms with E-state index in [0.29, 0.717) is 24.0 Å². The number of piperidine rings is 1. The molecule has 21 heavy (non-hydrogen) atoms. The zero-order valence-corrected chi connectivity index (χ0v) is 14.5. The Kier molecular flexibility index (Phi) is 6.09. The summed E-state index contributed by atoms with van der Waals surface area (Å²) in [5.41, 5.74) is 1.36. The van der Waals surface area contributed by atoms with E-state index >= 15 is 0 Å². The van der Waals surface area contributed by atoms with Crippen LogP contribution in [0.2, 0.25) is 5.02 Å². The highest BCUT2D eigenvalue weighted by molar-refractivity contribution is 6.30. The van der Waals surface area contributed by atoms with Crippen molar-refractivity contribution < 1.29 is 0 Å². The van der Waals surface area contributed by atoms with Gasteiger partial charge in [-0.25, -0.2) is 0 Å². The van der Waals surface area contributed by atoms with Crippen LogP contribution in [0.3, 0.4) is 0 Å². The average molecular weight is 309 g/mol. The van der Waals surface area contributed by atoms with Gasteiger partial charge in [-0.1, -0.05) is 37.6 Å². The second-order valence-electron chi connectivity index (χ2n) is 6.41. The molecule has 2 rings (SSSR count). The lowest BCUT2D eigenvalue weighted by atomic mass is 9.85. The Hall–Kier alpha value is -0.570. The predicted molar refractivity (Wildman–Crippen MR) is 91.9 cm³/mol. The first-order chi connectivity index (χ1) is 10.0. The van der Waals surface area contributed by atoms with Gasteiger partial charge in [0, 0.05) is 29.7 Å². The summed E-state index contributed by atoms with van der Waals surface area (Å²) in [4.78, 5) is 2.64. The minimum Gasteiger partial charge on any atom is -0.314 e. The van der Waals surface area contributed by atoms with Crippen LogP contribution in [0.1, 0.15) is 52.1 Å². The highest BCUT2D eigenvalue weighted by Gasteiger charge is 2.34. The molecule has 0 spiro atoms. The first-order valence-corrected chi connectivity index (χ1v) is 8.67. The molecule has 2 nitrogen and oxygen atoms in total. The number of nitrogens with one attached hydrogen (secondary N) is 1. The van der Waals surface area contributed by atoms with E-state index in [4.69, 9.17) is 11.6 Å². The van der Waals surface area contributed by atoms with Crippen molar-refractivity contribution in [1.82, 2.24) is 10.2 Å². The van der Waals surface area contributed by atoms with Crippen molar-refractivity contribution in [2.75, 3.05) is 13.1 Å². The molecular formula is C18H29ClN2. The number of likely N-dealkylation sites (tertiary alicyclic amines) is 1. The van der Waals surface area contributed by atoms with Crippen LogP contribution in [0.25, 0.3) is 0 Å². The monoisotopic (exact) mass is 308 g/mol. The third-order valence-corrected chi connectivity index (χ3v) is 5.38. The van der Waals surface area contributed by atoms with Gasteiger partial charge in [0.15, 0.2) is 0 Å². The molecule has 1 heterocycles. The Morgan fingerprint density at radius 3 is 2.57 bits per heavy atom. The van der Waals surface area contributed by atoms with Crippen LogP contribution in [0.15, 0.2) is 24.3 Å². The molecule has 1 aliphatic heterocycles. The van der Waals surface area contributed by atoms with Crippen molar-refractivity contribution >= 4 is 11.6 Å². The molecule has 1 fully saturated rings. The second-order valence-corrected chi connectivity index (χ2v) is 6.85. The molecule has 4 unspecified atom stereocenters. The van der Waals surface area contributed by atoms with Crippen LogP contribution in [-0.2, 0) is 0 Å². The number of rotatable bonds is 5. The van der Waals surface area contributed by atoms with E-state index in [2.05, 4.69) is 50.0 Å². The molecule has 0 saturated carbocycles. The first kappa shape index (κ1) is 16.8. The summed E-state index contributed by atoms with van der Waals surface area (Å²) in [6, 6.07) is 10.0. The molecule has 1 aromatic rings. The van der Waals surface area contributed by atoms with Gasteiger partial charge < -0.3 is 5.32 Å². The lowest BCUT2D eigenvalue weighted by Crippen LogP contribution is -2.53. The maximum atomic E-state index is 6.00. The molecule has 0 amide bonds. The Bertz CT molecular complexity index is 431. The van der Waals surface area contributed by atoms with E-state index in [1.54, 1.807) is 0 Å². The van der Waals surface area contributed by atoms with Gasteiger partial charge in [0.1, 0.15) is 0 Å². The fourth-order valence-corrected chi connectivity index (χ4v) is 3.62. The predicted octanol–water partition coefficient (Wildman–Crippen LogP) is 4.50. The van der Waals surface area contributed by atoms with E-state index < -0.39 is 0 Å². The third kappa shape index (κ3) is 4.00. The smallest absolute Gasteiger partial charge is 0.0406 e. The van der Waals surface area contributed by atoms with Crippen molar-refractivity contribution in [2.24, 2.45) is 5.92 Å². The zero-order chi connectivity index (χ0) is 15.4. The fraction of sp³-hybridized carbons (Fsp3) is 0.667. The minimum absolute atomic E-state index is 0.451. The van der Waals surface area contributed by atoms with Crippen LogP contribution in [0.5, 0.6) is 0 Å². The van der Waals surface area contributed by atoms with Gasteiger partial charge in [-0.05, 0) is 56.8 Å². The van der Waals surface area contributed by atoms with Gasteiger partial charge >= 0.3 is 0 Å². The van der Waals surface area contributed by atoms with Crippen LogP contribution in [0.4, 0.5) is 0 Å². The van der Waals surface area contributed by atoms with Crippen molar-refractivity contribution in [3.05, 3.63) is 34.9 Å². The maximum Gasteiger partial charge on any atom is 0.0406 e. The molecule has 1 N–H and O–H groups in total. The van der Waals surface area contributed by atoms with Crippen LogP contribution in [-0.4, -0.2) is 30.1 Å². The molecule has 0 aromatic heterocycles. The zero-order valence-electron chi connectivity index (χ0n) is 13.8. The summed E-state index contributed by atoms with van der Waals surface area (Å²) in [6.45, 7) is 11.6. The van der Waals surface area contributed by atoms with Gasteiger partial charge in [0.05, 0.1) is 0 Å². The summed E-state index contributed by atoms with van der Waals surface area (Å²) in [5.74, 6) is 0.681. The molecule has 3 heteroatoms. The minimum atomic E-state index is 0.451. The Morgan fingerprint density at radius 2 is 1.95 bits per heavy atom. The number of nitrogens with zero attached hydrogens (tertiary/aromatic N) is 1. The summed E-state index contributed by atoms with van der Waals surface area (Å²) in [5, 5.41) is 4.53. The molecular weight excluding hydrogens is 280 g/mol. The first-order valence-electron chi connectivity index (χ1n) is 8.29. The van der Waals surface area contributed by atoms with Crippen molar-refractivity contribution in [3.63, 3.8) is 0 Å². The van der Waals surface area contributed by atoms with E-state index in [0.717, 1.165) is 18.1 Å². The van der Waals surface area contributed by atoms with Crippen LogP contribution < -0.4 is 5.32 Å². The number of hydrogen-bond acceptors (Lipinski definition) is 2. The molecule has 118 valence electrons. The van der Waals surface area contributed by atoms with Crippen molar-refractivity contribution in [1.29, 1.82) is 0 Å². The van der Waals surface area contributed by atoms with Gasteiger partial charge in [-0.15, -0.1) is 0 Å². The lowest BCUT2D eigenvalue weighted by Gasteiger charge is -2.46. The molecule has 1 saturated heterocycles. The molecule has 1 aromatic carbocycles. The second kappa shape index (κ2) is 7.62. The van der Waals surface area contributed by atoms with E-state index in [1.807, 2.05) is 12.1 Å². The van der Waals surface area contributed by atoms with Crippen LogP contribution in [0, 0.1) is 5.92 Å². The summed E-state index contributed by atoms with van der Waals surface area (Å²) < 4.78 is 0. The Balaban J connectivity index is 2.02. The third-order valence-electron chi connectivity index (χ3n) is 5.12. The highest BCUT2D eigenvalue weighted by Crippen LogP contribution is 2.32. The SMILES string of the molecule is CCCNC1CCN(C(C)c2ccc(Cl)cc2)C(C)C1C. The Morgan fingerprint density at radius 1 is 1.29 bits per heavy atom. The van der Waals surface area contributed by atoms with Gasteiger partial charge in [0.2, 0.25) is 0 Å². The Labute approximate surface area is 134 Å². The largest absolute Gasteiger partial charge is 0.314 e. The quantitative estimate of drug-likeness (QED) is 0.861. The van der Waals surface area contributed by atoms with Gasteiger partial charge in [-0.3, -0.25) is 4.90 Å². The molecule has 4 atom stereocenters. The molecule has 0 bridgehead atoms. The normalized spacial score (nSPS) is 28.5. The number of halogens is 1. The lowest BCUT2D eigenvalue weighted by molar-refractivity contribution is 0.0525. The summed E-state index contributed by atoms with van der Waals surface area (Å²) >= 11 is 6.00. The molecule has 0 aliphatic carbocycles. The van der Waals surface area contributed by atoms with Gasteiger partial charge in [0.25, 0.3) is 0 Å². The van der Waals surface area contributed by atoms with Crippen molar-refractivity contribution in [3.8, 4) is 0 Å². The van der Waals surface area contributed by atoms with Gasteiger partial charge in [-0.2, -0.15) is 0 Å². The molecule has 0 radical (unpaired) electrons. The van der Waals surface area contributed by atoms with E-state index in [9.17, 15) is 0 Å². The van der Waals surface area contributed by atoms with E-state index in [1.165, 1.54) is 18.4 Å². The number of benzene rings is 1. The maximum absolute atomic E-state index is 6.00. The standard InChI is InChI=1S/C18H29ClN2/c1-5-11-20-18-10-12-21(14(3)13(18)2)15(4)16-6-8-17(19)9-7-16/h6-9,13-15,18,20H,5,10-12H2,1-4H3. The van der Waals surface area contributed by atoms with E-state index in [-0.39, 0.29) is 0 Å².